The van der Waals surface area contributed by atoms with Crippen molar-refractivity contribution in [3.63, 3.8) is 0 Å². The monoisotopic (exact) mass is 430 g/mol. The molecule has 0 nitrogen and oxygen atoms in total. The Morgan fingerprint density at radius 2 is 1.78 bits per heavy atom. The fourth-order valence-electron chi connectivity index (χ4n) is 6.38. The first-order chi connectivity index (χ1) is 15.4. The van der Waals surface area contributed by atoms with Crippen molar-refractivity contribution in [1.82, 2.24) is 0 Å². The van der Waals surface area contributed by atoms with Crippen molar-refractivity contribution in [1.29, 1.82) is 0 Å². The summed E-state index contributed by atoms with van der Waals surface area (Å²) in [6.07, 6.45) is 19.8. The molecule has 4 rings (SSSR count). The molecular weight excluding hydrogens is 384 g/mol. The lowest BCUT2D eigenvalue weighted by atomic mass is 9.71. The molecule has 3 aliphatic rings. The average molecular weight is 431 g/mol. The van der Waals surface area contributed by atoms with Crippen molar-refractivity contribution in [2.45, 2.75) is 110 Å². The summed E-state index contributed by atoms with van der Waals surface area (Å²) in [5.41, 5.74) is 9.39. The number of benzene rings is 1. The molecule has 2 saturated carbocycles. The van der Waals surface area contributed by atoms with Crippen molar-refractivity contribution < 1.29 is 0 Å². The predicted octanol–water partition coefficient (Wildman–Crippen LogP) is 9.68. The van der Waals surface area contributed by atoms with Gasteiger partial charge in [0.2, 0.25) is 0 Å². The summed E-state index contributed by atoms with van der Waals surface area (Å²) in [4.78, 5) is 0. The maximum absolute atomic E-state index is 4.18. The highest BCUT2D eigenvalue weighted by Gasteiger charge is 2.29. The van der Waals surface area contributed by atoms with Gasteiger partial charge in [-0.2, -0.15) is 0 Å². The summed E-state index contributed by atoms with van der Waals surface area (Å²) in [7, 11) is 0. The highest BCUT2D eigenvalue weighted by atomic mass is 14.3. The maximum Gasteiger partial charge on any atom is -0.00578 e. The van der Waals surface area contributed by atoms with E-state index in [-0.39, 0.29) is 0 Å². The summed E-state index contributed by atoms with van der Waals surface area (Å²) in [6.45, 7) is 13.6. The van der Waals surface area contributed by atoms with Crippen molar-refractivity contribution in [2.24, 2.45) is 17.8 Å². The van der Waals surface area contributed by atoms with E-state index >= 15 is 0 Å². The first kappa shape index (κ1) is 23.6. The molecule has 0 heteroatoms. The Labute approximate surface area is 198 Å². The molecular formula is C32H46. The van der Waals surface area contributed by atoms with Gasteiger partial charge in [-0.1, -0.05) is 81.5 Å². The highest BCUT2D eigenvalue weighted by Crippen LogP contribution is 2.44. The van der Waals surface area contributed by atoms with Crippen LogP contribution in [0.5, 0.6) is 0 Å². The summed E-state index contributed by atoms with van der Waals surface area (Å²) in [5, 5.41) is 0. The molecule has 1 aromatic carbocycles. The molecule has 0 aliphatic heterocycles. The Morgan fingerprint density at radius 1 is 1.03 bits per heavy atom. The van der Waals surface area contributed by atoms with Gasteiger partial charge in [0.25, 0.3) is 0 Å². The normalized spacial score (nSPS) is 21.4. The van der Waals surface area contributed by atoms with Gasteiger partial charge in [-0.25, -0.2) is 0 Å². The lowest BCUT2D eigenvalue weighted by molar-refractivity contribution is 0.276. The van der Waals surface area contributed by atoms with Crippen LogP contribution in [-0.4, -0.2) is 0 Å². The van der Waals surface area contributed by atoms with Gasteiger partial charge in [0.05, 0.1) is 0 Å². The van der Waals surface area contributed by atoms with Crippen molar-refractivity contribution in [3.8, 4) is 0 Å². The number of allylic oxidation sites excluding steroid dienone is 5. The molecule has 0 spiro atoms. The van der Waals surface area contributed by atoms with Crippen molar-refractivity contribution in [2.75, 3.05) is 0 Å². The van der Waals surface area contributed by atoms with E-state index in [2.05, 4.69) is 64.6 Å². The Balaban J connectivity index is 1.65. The van der Waals surface area contributed by atoms with Crippen LogP contribution in [0.4, 0.5) is 0 Å². The zero-order chi connectivity index (χ0) is 22.7. The minimum Gasteiger partial charge on any atom is -0.100 e. The van der Waals surface area contributed by atoms with E-state index in [1.165, 1.54) is 68.9 Å². The second-order valence-electron chi connectivity index (χ2n) is 11.8. The number of hydrogen-bond acceptors (Lipinski definition) is 0. The molecule has 2 fully saturated rings. The van der Waals surface area contributed by atoms with Gasteiger partial charge in [0, 0.05) is 0 Å². The third-order valence-corrected chi connectivity index (χ3v) is 8.17. The Hall–Kier alpha value is -1.56. The molecule has 0 heterocycles. The van der Waals surface area contributed by atoms with Crippen LogP contribution in [0.1, 0.15) is 120 Å². The molecule has 0 saturated heterocycles. The van der Waals surface area contributed by atoms with Gasteiger partial charge in [-0.05, 0) is 110 Å². The molecule has 0 radical (unpaired) electrons. The lowest BCUT2D eigenvalue weighted by Gasteiger charge is -2.33. The Morgan fingerprint density at radius 3 is 2.44 bits per heavy atom. The Kier molecular flexibility index (Phi) is 7.80. The Bertz CT molecular complexity index is 854. The average Bonchev–Trinajstić information content (AvgIpc) is 3.51. The van der Waals surface area contributed by atoms with Crippen LogP contribution >= 0.6 is 0 Å². The molecule has 0 amide bonds. The zero-order valence-electron chi connectivity index (χ0n) is 21.3. The van der Waals surface area contributed by atoms with E-state index in [9.17, 15) is 0 Å². The van der Waals surface area contributed by atoms with Crippen molar-refractivity contribution in [3.05, 3.63) is 70.3 Å². The maximum atomic E-state index is 4.18. The van der Waals surface area contributed by atoms with E-state index in [1.54, 1.807) is 22.3 Å². The second kappa shape index (κ2) is 10.6. The molecule has 174 valence electrons. The number of hydrogen-bond donors (Lipinski definition) is 0. The van der Waals surface area contributed by atoms with E-state index < -0.39 is 0 Å². The van der Waals surface area contributed by atoms with E-state index in [0.29, 0.717) is 5.92 Å². The summed E-state index contributed by atoms with van der Waals surface area (Å²) >= 11 is 0. The molecule has 2 atom stereocenters. The zero-order valence-corrected chi connectivity index (χ0v) is 21.3. The molecule has 2 unspecified atom stereocenters. The topological polar surface area (TPSA) is 0 Å². The summed E-state index contributed by atoms with van der Waals surface area (Å²) in [5.74, 6) is 3.79. The van der Waals surface area contributed by atoms with Crippen LogP contribution in [0.3, 0.4) is 0 Å². The van der Waals surface area contributed by atoms with Gasteiger partial charge in [0.1, 0.15) is 0 Å². The number of rotatable bonds is 10. The molecule has 3 aliphatic carbocycles. The van der Waals surface area contributed by atoms with Crippen LogP contribution in [-0.2, 0) is 6.42 Å². The van der Waals surface area contributed by atoms with E-state index in [1.807, 2.05) is 0 Å². The van der Waals surface area contributed by atoms with Crippen LogP contribution in [0, 0.1) is 17.8 Å². The van der Waals surface area contributed by atoms with E-state index in [0.717, 1.165) is 36.5 Å². The minimum absolute atomic E-state index is 0.552. The SMILES string of the molecule is C=C(C)CC(C)c1ccc(C(CC(C)C)C2CCCCC2)c(CC2=CC(C3CC3)=CC2)c1. The van der Waals surface area contributed by atoms with E-state index in [4.69, 9.17) is 0 Å². The van der Waals surface area contributed by atoms with Gasteiger partial charge in [0.15, 0.2) is 0 Å². The van der Waals surface area contributed by atoms with Gasteiger partial charge in [-0.3, -0.25) is 0 Å². The van der Waals surface area contributed by atoms with Crippen LogP contribution in [0.15, 0.2) is 53.6 Å². The minimum atomic E-state index is 0.552. The molecule has 32 heavy (non-hydrogen) atoms. The standard InChI is InChI=1S/C32H46/c1-22(2)17-24(5)28-15-16-31(32(18-23(3)4)27-9-7-6-8-10-27)30(21-28)20-25-11-12-29(19-25)26-13-14-26/h12,15-16,19,21,23-24,26-27,32H,1,6-11,13-14,17-18,20H2,2-5H3. The summed E-state index contributed by atoms with van der Waals surface area (Å²) < 4.78 is 0. The van der Waals surface area contributed by atoms with Crippen LogP contribution in [0.25, 0.3) is 0 Å². The predicted molar refractivity (Wildman–Crippen MR) is 140 cm³/mol. The first-order valence-electron chi connectivity index (χ1n) is 13.6. The quantitative estimate of drug-likeness (QED) is 0.324. The molecule has 0 aromatic heterocycles. The van der Waals surface area contributed by atoms with Crippen LogP contribution < -0.4 is 0 Å². The van der Waals surface area contributed by atoms with Crippen LogP contribution in [0.2, 0.25) is 0 Å². The molecule has 0 bridgehead atoms. The molecule has 0 N–H and O–H groups in total. The smallest absolute Gasteiger partial charge is 0.00578 e. The fourth-order valence-corrected chi connectivity index (χ4v) is 6.38. The van der Waals surface area contributed by atoms with Gasteiger partial charge < -0.3 is 0 Å². The lowest BCUT2D eigenvalue weighted by Crippen LogP contribution is -2.20. The largest absolute Gasteiger partial charge is 0.100 e. The van der Waals surface area contributed by atoms with Gasteiger partial charge in [-0.15, -0.1) is 6.58 Å². The fraction of sp³-hybridized carbons (Fsp3) is 0.625. The first-order valence-corrected chi connectivity index (χ1v) is 13.6. The van der Waals surface area contributed by atoms with Crippen molar-refractivity contribution >= 4 is 0 Å². The third kappa shape index (κ3) is 6.06. The second-order valence-corrected chi connectivity index (χ2v) is 11.8. The third-order valence-electron chi connectivity index (χ3n) is 8.17. The molecule has 1 aromatic rings. The van der Waals surface area contributed by atoms with Gasteiger partial charge >= 0.3 is 0 Å². The summed E-state index contributed by atoms with van der Waals surface area (Å²) in [6, 6.07) is 7.60. The highest BCUT2D eigenvalue weighted by molar-refractivity contribution is 5.43.